The van der Waals surface area contributed by atoms with E-state index in [4.69, 9.17) is 10.3 Å². The number of primary amides is 1. The molecule has 0 aliphatic heterocycles. The van der Waals surface area contributed by atoms with Crippen LogP contribution in [0.4, 0.5) is 0 Å². The van der Waals surface area contributed by atoms with E-state index in [0.29, 0.717) is 28.9 Å². The summed E-state index contributed by atoms with van der Waals surface area (Å²) in [5.41, 5.74) is 8.10. The Labute approximate surface area is 208 Å². The number of nitrogens with two attached hydrogens (primary N) is 1. The zero-order valence-corrected chi connectivity index (χ0v) is 20.6. The van der Waals surface area contributed by atoms with E-state index in [1.807, 2.05) is 56.3 Å². The molecule has 0 saturated heterocycles. The summed E-state index contributed by atoms with van der Waals surface area (Å²) in [5.74, 6) is -0.445. The normalized spacial score (nSPS) is 12.0. The van der Waals surface area contributed by atoms with Crippen LogP contribution in [0.15, 0.2) is 63.9 Å². The van der Waals surface area contributed by atoms with Crippen LogP contribution in [-0.4, -0.2) is 38.0 Å². The maximum Gasteiger partial charge on any atom is 0.267 e. The first-order valence-electron chi connectivity index (χ1n) is 11.9. The smallest absolute Gasteiger partial charge is 0.267 e. The molecule has 0 spiro atoms. The van der Waals surface area contributed by atoms with Gasteiger partial charge in [0.05, 0.1) is 18.3 Å². The highest BCUT2D eigenvalue weighted by molar-refractivity contribution is 5.94. The van der Waals surface area contributed by atoms with Gasteiger partial charge in [0.25, 0.3) is 17.2 Å². The second-order valence-electron chi connectivity index (χ2n) is 8.80. The SMILES string of the molecule is CCC(c1nc2onc(C)c2c(=O)n1Cc1ccccc1)N(CCC(N)=O)C(=O)c1ccc(C)cc1. The first kappa shape index (κ1) is 24.8. The Morgan fingerprint density at radius 1 is 1.08 bits per heavy atom. The van der Waals surface area contributed by atoms with E-state index in [-0.39, 0.29) is 36.7 Å². The Balaban J connectivity index is 1.87. The minimum Gasteiger partial charge on any atom is -0.370 e. The van der Waals surface area contributed by atoms with Crippen molar-refractivity contribution >= 4 is 22.9 Å². The zero-order valence-electron chi connectivity index (χ0n) is 20.6. The third-order valence-corrected chi connectivity index (χ3v) is 6.20. The van der Waals surface area contributed by atoms with E-state index in [1.54, 1.807) is 28.5 Å². The van der Waals surface area contributed by atoms with Crippen molar-refractivity contribution in [2.75, 3.05) is 6.54 Å². The fourth-order valence-corrected chi connectivity index (χ4v) is 4.29. The molecule has 36 heavy (non-hydrogen) atoms. The second-order valence-corrected chi connectivity index (χ2v) is 8.80. The topological polar surface area (TPSA) is 124 Å². The first-order chi connectivity index (χ1) is 17.3. The Kier molecular flexibility index (Phi) is 7.28. The van der Waals surface area contributed by atoms with Gasteiger partial charge in [-0.05, 0) is 38.0 Å². The summed E-state index contributed by atoms with van der Waals surface area (Å²) in [6, 6.07) is 16.1. The maximum absolute atomic E-state index is 13.7. The molecular formula is C27H29N5O4. The van der Waals surface area contributed by atoms with Gasteiger partial charge in [-0.1, -0.05) is 60.1 Å². The monoisotopic (exact) mass is 487 g/mol. The highest BCUT2D eigenvalue weighted by atomic mass is 16.5. The van der Waals surface area contributed by atoms with Crippen LogP contribution < -0.4 is 11.3 Å². The summed E-state index contributed by atoms with van der Waals surface area (Å²) < 4.78 is 6.92. The average Bonchev–Trinajstić information content (AvgIpc) is 3.24. The molecule has 4 aromatic rings. The van der Waals surface area contributed by atoms with Gasteiger partial charge in [-0.2, -0.15) is 4.98 Å². The van der Waals surface area contributed by atoms with Crippen LogP contribution in [0.25, 0.3) is 11.1 Å². The lowest BCUT2D eigenvalue weighted by Crippen LogP contribution is -2.40. The van der Waals surface area contributed by atoms with E-state index in [2.05, 4.69) is 10.1 Å². The predicted octanol–water partition coefficient (Wildman–Crippen LogP) is 3.52. The standard InChI is InChI=1S/C27H29N5O4/c1-4-21(31(15-14-22(28)33)26(34)20-12-10-17(2)11-13-20)24-29-25-23(18(3)30-36-25)27(35)32(24)16-19-8-6-5-7-9-19/h5-13,21H,4,14-16H2,1-3H3,(H2,28,33). The third kappa shape index (κ3) is 5.05. The molecule has 1 unspecified atom stereocenters. The number of hydrogen-bond donors (Lipinski definition) is 1. The minimum atomic E-state index is -0.621. The Hall–Kier alpha value is -4.27. The van der Waals surface area contributed by atoms with Crippen LogP contribution in [0.5, 0.6) is 0 Å². The number of rotatable bonds is 9. The van der Waals surface area contributed by atoms with Gasteiger partial charge in [-0.25, -0.2) is 0 Å². The summed E-state index contributed by atoms with van der Waals surface area (Å²) in [5, 5.41) is 4.24. The molecule has 2 aromatic heterocycles. The number of nitrogens with zero attached hydrogens (tertiary/aromatic N) is 4. The van der Waals surface area contributed by atoms with Gasteiger partial charge >= 0.3 is 0 Å². The van der Waals surface area contributed by atoms with Crippen LogP contribution in [0, 0.1) is 13.8 Å². The lowest BCUT2D eigenvalue weighted by atomic mass is 10.1. The molecule has 2 aromatic carbocycles. The number of carbonyl (C=O) groups is 2. The van der Waals surface area contributed by atoms with Crippen LogP contribution in [0.3, 0.4) is 0 Å². The fraction of sp³-hybridized carbons (Fsp3) is 0.296. The molecule has 186 valence electrons. The molecule has 0 aliphatic carbocycles. The van der Waals surface area contributed by atoms with E-state index in [9.17, 15) is 14.4 Å². The van der Waals surface area contributed by atoms with Gasteiger partial charge in [0, 0.05) is 18.5 Å². The first-order valence-corrected chi connectivity index (χ1v) is 11.9. The van der Waals surface area contributed by atoms with Crippen LogP contribution in [0.2, 0.25) is 0 Å². The fourth-order valence-electron chi connectivity index (χ4n) is 4.29. The molecule has 0 radical (unpaired) electrons. The van der Waals surface area contributed by atoms with Gasteiger partial charge in [0.2, 0.25) is 5.91 Å². The zero-order chi connectivity index (χ0) is 25.8. The molecule has 1 atom stereocenters. The lowest BCUT2D eigenvalue weighted by molar-refractivity contribution is -0.118. The van der Waals surface area contributed by atoms with Gasteiger partial charge in [-0.3, -0.25) is 19.0 Å². The summed E-state index contributed by atoms with van der Waals surface area (Å²) >= 11 is 0. The molecule has 9 nitrogen and oxygen atoms in total. The number of hydrogen-bond acceptors (Lipinski definition) is 6. The second kappa shape index (κ2) is 10.6. The van der Waals surface area contributed by atoms with Crippen molar-refractivity contribution in [3.05, 3.63) is 93.2 Å². The number of fused-ring (bicyclic) bond motifs is 1. The van der Waals surface area contributed by atoms with Crippen molar-refractivity contribution in [1.29, 1.82) is 0 Å². The predicted molar refractivity (Wildman–Crippen MR) is 135 cm³/mol. The highest BCUT2D eigenvalue weighted by Crippen LogP contribution is 2.27. The van der Waals surface area contributed by atoms with E-state index < -0.39 is 11.9 Å². The van der Waals surface area contributed by atoms with Gasteiger partial charge in [0.1, 0.15) is 11.2 Å². The summed E-state index contributed by atoms with van der Waals surface area (Å²) in [6.45, 7) is 5.86. The molecule has 0 bridgehead atoms. The molecule has 2 heterocycles. The maximum atomic E-state index is 13.7. The van der Waals surface area contributed by atoms with Crippen molar-refractivity contribution in [2.45, 2.75) is 46.2 Å². The van der Waals surface area contributed by atoms with Crippen molar-refractivity contribution in [3.8, 4) is 0 Å². The van der Waals surface area contributed by atoms with Crippen LogP contribution in [0.1, 0.15) is 58.8 Å². The van der Waals surface area contributed by atoms with E-state index in [0.717, 1.165) is 11.1 Å². The Morgan fingerprint density at radius 2 is 1.78 bits per heavy atom. The summed E-state index contributed by atoms with van der Waals surface area (Å²) in [6.07, 6.45) is 0.414. The molecule has 2 N–H and O–H groups in total. The Morgan fingerprint density at radius 3 is 2.42 bits per heavy atom. The molecule has 0 saturated carbocycles. The molecule has 4 rings (SSSR count). The minimum absolute atomic E-state index is 0.0271. The summed E-state index contributed by atoms with van der Waals surface area (Å²) in [7, 11) is 0. The van der Waals surface area contributed by atoms with E-state index in [1.165, 1.54) is 0 Å². The molecule has 0 fully saturated rings. The van der Waals surface area contributed by atoms with Crippen LogP contribution in [-0.2, 0) is 11.3 Å². The average molecular weight is 488 g/mol. The van der Waals surface area contributed by atoms with Gasteiger partial charge in [-0.15, -0.1) is 0 Å². The molecule has 2 amide bonds. The molecular weight excluding hydrogens is 458 g/mol. The quantitative estimate of drug-likeness (QED) is 0.385. The van der Waals surface area contributed by atoms with Gasteiger partial charge < -0.3 is 15.2 Å². The summed E-state index contributed by atoms with van der Waals surface area (Å²) in [4.78, 5) is 45.3. The number of aromatic nitrogens is 3. The van der Waals surface area contributed by atoms with Gasteiger partial charge in [0.15, 0.2) is 0 Å². The number of amides is 2. The van der Waals surface area contributed by atoms with E-state index >= 15 is 0 Å². The van der Waals surface area contributed by atoms with Crippen molar-refractivity contribution in [3.63, 3.8) is 0 Å². The highest BCUT2D eigenvalue weighted by Gasteiger charge is 2.30. The van der Waals surface area contributed by atoms with Crippen LogP contribution >= 0.6 is 0 Å². The lowest BCUT2D eigenvalue weighted by Gasteiger charge is -2.32. The molecule has 9 heteroatoms. The molecule has 0 aliphatic rings. The van der Waals surface area contributed by atoms with Crippen molar-refractivity contribution < 1.29 is 14.1 Å². The number of aryl methyl sites for hydroxylation is 2. The Bertz CT molecular complexity index is 1440. The number of carbonyl (C=O) groups excluding carboxylic acids is 2. The van der Waals surface area contributed by atoms with Crippen molar-refractivity contribution in [1.82, 2.24) is 19.6 Å². The van der Waals surface area contributed by atoms with Crippen molar-refractivity contribution in [2.24, 2.45) is 5.73 Å². The largest absolute Gasteiger partial charge is 0.370 e. The third-order valence-electron chi connectivity index (χ3n) is 6.20. The number of benzene rings is 2.